The highest BCUT2D eigenvalue weighted by molar-refractivity contribution is 5.98. The van der Waals surface area contributed by atoms with E-state index in [4.69, 9.17) is 11.1 Å². The molecule has 0 fully saturated rings. The molecule has 0 aromatic carbocycles. The number of hydrogen-bond donors (Lipinski definition) is 2. The molecule has 0 aliphatic rings. The van der Waals surface area contributed by atoms with Crippen LogP contribution in [0.4, 0.5) is 0 Å². The Bertz CT molecular complexity index is 185. The number of allylic oxidation sites excluding steroid dienone is 1. The third-order valence-corrected chi connectivity index (χ3v) is 1.53. The molecule has 11 heavy (non-hydrogen) atoms. The summed E-state index contributed by atoms with van der Waals surface area (Å²) in [4.78, 5) is 11.0. The first-order chi connectivity index (χ1) is 5.07. The van der Waals surface area contributed by atoms with Crippen LogP contribution in [-0.4, -0.2) is 11.6 Å². The Morgan fingerprint density at radius 3 is 2.55 bits per heavy atom. The molecule has 1 atom stereocenters. The summed E-state index contributed by atoms with van der Waals surface area (Å²) in [5.74, 6) is -0.0186. The molecule has 0 saturated carbocycles. The largest absolute Gasteiger partial charge is 0.384 e. The fraction of sp³-hybridized carbons (Fsp3) is 0.500. The van der Waals surface area contributed by atoms with Crippen LogP contribution in [0, 0.1) is 11.3 Å². The molecule has 0 rings (SSSR count). The summed E-state index contributed by atoms with van der Waals surface area (Å²) in [7, 11) is 0. The van der Waals surface area contributed by atoms with Gasteiger partial charge in [0.25, 0.3) is 0 Å². The molecule has 3 heteroatoms. The van der Waals surface area contributed by atoms with Crippen LogP contribution in [0.15, 0.2) is 12.2 Å². The monoisotopic (exact) mass is 154 g/mol. The van der Waals surface area contributed by atoms with Crippen LogP contribution < -0.4 is 5.73 Å². The van der Waals surface area contributed by atoms with Gasteiger partial charge in [-0.25, -0.2) is 0 Å². The lowest BCUT2D eigenvalue weighted by atomic mass is 10.0. The van der Waals surface area contributed by atoms with Crippen molar-refractivity contribution in [1.82, 2.24) is 0 Å². The number of hydrogen-bond acceptors (Lipinski definition) is 2. The van der Waals surface area contributed by atoms with E-state index in [0.29, 0.717) is 0 Å². The number of rotatable bonds is 4. The summed E-state index contributed by atoms with van der Waals surface area (Å²) in [5.41, 5.74) is 5.03. The maximum absolute atomic E-state index is 11.0. The maximum atomic E-state index is 11.0. The van der Waals surface area contributed by atoms with Gasteiger partial charge in [0.2, 0.25) is 0 Å². The SMILES string of the molecule is CCC(C)C(=O)/C=C\C(=N)N. The van der Waals surface area contributed by atoms with E-state index in [1.165, 1.54) is 12.2 Å². The van der Waals surface area contributed by atoms with Gasteiger partial charge >= 0.3 is 0 Å². The fourth-order valence-corrected chi connectivity index (χ4v) is 0.537. The zero-order chi connectivity index (χ0) is 8.85. The predicted octanol–water partition coefficient (Wildman–Crippen LogP) is 1.09. The van der Waals surface area contributed by atoms with Crippen LogP contribution in [0.1, 0.15) is 20.3 Å². The molecule has 0 aromatic heterocycles. The smallest absolute Gasteiger partial charge is 0.158 e. The minimum absolute atomic E-state index is 0.0303. The van der Waals surface area contributed by atoms with Crippen molar-refractivity contribution in [3.8, 4) is 0 Å². The van der Waals surface area contributed by atoms with Gasteiger partial charge in [0, 0.05) is 5.92 Å². The van der Waals surface area contributed by atoms with Crippen LogP contribution in [0.2, 0.25) is 0 Å². The molecule has 0 amide bonds. The summed E-state index contributed by atoms with van der Waals surface area (Å²) in [6.07, 6.45) is 3.49. The topological polar surface area (TPSA) is 66.9 Å². The second-order valence-corrected chi connectivity index (χ2v) is 2.50. The van der Waals surface area contributed by atoms with Gasteiger partial charge in [-0.1, -0.05) is 13.8 Å². The third-order valence-electron chi connectivity index (χ3n) is 1.53. The van der Waals surface area contributed by atoms with E-state index < -0.39 is 0 Å². The lowest BCUT2D eigenvalue weighted by Gasteiger charge is -2.00. The number of nitrogens with one attached hydrogen (secondary N) is 1. The number of nitrogens with two attached hydrogens (primary N) is 1. The normalized spacial score (nSPS) is 13.3. The van der Waals surface area contributed by atoms with Gasteiger partial charge in [0.1, 0.15) is 5.84 Å². The lowest BCUT2D eigenvalue weighted by molar-refractivity contribution is -0.117. The average Bonchev–Trinajstić information content (AvgIpc) is 1.98. The second-order valence-electron chi connectivity index (χ2n) is 2.50. The third kappa shape index (κ3) is 4.31. The molecule has 62 valence electrons. The van der Waals surface area contributed by atoms with Crippen LogP contribution in [0.3, 0.4) is 0 Å². The Morgan fingerprint density at radius 2 is 2.18 bits per heavy atom. The Labute approximate surface area is 66.8 Å². The summed E-state index contributed by atoms with van der Waals surface area (Å²) >= 11 is 0. The van der Waals surface area contributed by atoms with Crippen molar-refractivity contribution >= 4 is 11.6 Å². The molecule has 0 saturated heterocycles. The summed E-state index contributed by atoms with van der Waals surface area (Å²) in [6, 6.07) is 0. The van der Waals surface area contributed by atoms with Crippen molar-refractivity contribution in [2.75, 3.05) is 0 Å². The second kappa shape index (κ2) is 4.66. The van der Waals surface area contributed by atoms with E-state index in [1.807, 2.05) is 13.8 Å². The van der Waals surface area contributed by atoms with E-state index in [9.17, 15) is 4.79 Å². The van der Waals surface area contributed by atoms with Crippen molar-refractivity contribution in [1.29, 1.82) is 5.41 Å². The molecule has 0 radical (unpaired) electrons. The Hall–Kier alpha value is -1.12. The number of carbonyl (C=O) groups excluding carboxylic acids is 1. The first kappa shape index (κ1) is 9.88. The van der Waals surface area contributed by atoms with Gasteiger partial charge in [-0.3, -0.25) is 10.2 Å². The molecule has 0 aliphatic carbocycles. The highest BCUT2D eigenvalue weighted by Gasteiger charge is 2.05. The van der Waals surface area contributed by atoms with Gasteiger partial charge in [-0.15, -0.1) is 0 Å². The quantitative estimate of drug-likeness (QED) is 0.361. The zero-order valence-electron chi connectivity index (χ0n) is 6.92. The van der Waals surface area contributed by atoms with Crippen molar-refractivity contribution < 1.29 is 4.79 Å². The molecule has 1 unspecified atom stereocenters. The van der Waals surface area contributed by atoms with Gasteiger partial charge in [-0.2, -0.15) is 0 Å². The van der Waals surface area contributed by atoms with Crippen molar-refractivity contribution in [2.45, 2.75) is 20.3 Å². The van der Waals surface area contributed by atoms with E-state index in [-0.39, 0.29) is 17.5 Å². The minimum atomic E-state index is -0.0818. The van der Waals surface area contributed by atoms with Crippen LogP contribution in [0.25, 0.3) is 0 Å². The first-order valence-corrected chi connectivity index (χ1v) is 3.63. The molecule has 0 spiro atoms. The van der Waals surface area contributed by atoms with Gasteiger partial charge in [0.05, 0.1) is 0 Å². The van der Waals surface area contributed by atoms with Gasteiger partial charge in [-0.05, 0) is 18.6 Å². The minimum Gasteiger partial charge on any atom is -0.384 e. The number of ketones is 1. The van der Waals surface area contributed by atoms with Crippen LogP contribution in [-0.2, 0) is 4.79 Å². The van der Waals surface area contributed by atoms with Crippen molar-refractivity contribution in [2.24, 2.45) is 11.7 Å². The molecule has 0 aliphatic heterocycles. The summed E-state index contributed by atoms with van der Waals surface area (Å²) in [5, 5.41) is 6.82. The van der Waals surface area contributed by atoms with E-state index in [1.54, 1.807) is 0 Å². The Morgan fingerprint density at radius 1 is 1.64 bits per heavy atom. The molecule has 0 aromatic rings. The molecular weight excluding hydrogens is 140 g/mol. The lowest BCUT2D eigenvalue weighted by Crippen LogP contribution is -2.09. The van der Waals surface area contributed by atoms with E-state index >= 15 is 0 Å². The molecule has 3 N–H and O–H groups in total. The zero-order valence-corrected chi connectivity index (χ0v) is 6.92. The van der Waals surface area contributed by atoms with E-state index in [2.05, 4.69) is 0 Å². The maximum Gasteiger partial charge on any atom is 0.158 e. The van der Waals surface area contributed by atoms with Gasteiger partial charge in [0.15, 0.2) is 5.78 Å². The highest BCUT2D eigenvalue weighted by Crippen LogP contribution is 2.02. The van der Waals surface area contributed by atoms with Crippen molar-refractivity contribution in [3.63, 3.8) is 0 Å². The number of carbonyl (C=O) groups is 1. The molecular formula is C8H14N2O. The fourth-order valence-electron chi connectivity index (χ4n) is 0.537. The summed E-state index contributed by atoms with van der Waals surface area (Å²) in [6.45, 7) is 3.80. The van der Waals surface area contributed by atoms with Crippen LogP contribution in [0.5, 0.6) is 0 Å². The summed E-state index contributed by atoms with van der Waals surface area (Å²) < 4.78 is 0. The Kier molecular flexibility index (Phi) is 4.18. The molecule has 0 heterocycles. The average molecular weight is 154 g/mol. The Balaban J connectivity index is 3.96. The van der Waals surface area contributed by atoms with E-state index in [0.717, 1.165) is 6.42 Å². The van der Waals surface area contributed by atoms with Crippen LogP contribution >= 0.6 is 0 Å². The number of amidine groups is 1. The van der Waals surface area contributed by atoms with Crippen molar-refractivity contribution in [3.05, 3.63) is 12.2 Å². The first-order valence-electron chi connectivity index (χ1n) is 3.63. The standard InChI is InChI=1S/C8H14N2O/c1-3-6(2)7(11)4-5-8(9)10/h4-6H,3H2,1-2H3,(H3,9,10)/b5-4-. The van der Waals surface area contributed by atoms with Gasteiger partial charge < -0.3 is 5.73 Å². The molecule has 0 bridgehead atoms. The molecule has 3 nitrogen and oxygen atoms in total. The highest BCUT2D eigenvalue weighted by atomic mass is 16.1. The predicted molar refractivity (Wildman–Crippen MR) is 45.5 cm³/mol.